The first kappa shape index (κ1) is 22.0. The Kier molecular flexibility index (Phi) is 6.87. The van der Waals surface area contributed by atoms with Crippen molar-refractivity contribution < 1.29 is 23.1 Å². The number of aromatic nitrogens is 1. The van der Waals surface area contributed by atoms with Gasteiger partial charge < -0.3 is 15.8 Å². The molecule has 1 saturated carbocycles. The molecule has 2 aromatic rings. The van der Waals surface area contributed by atoms with E-state index < -0.39 is 29.7 Å². The molecule has 3 N–H and O–H groups in total. The molecular weight excluding hydrogens is 416 g/mol. The van der Waals surface area contributed by atoms with Gasteiger partial charge in [0, 0.05) is 35.0 Å². The van der Waals surface area contributed by atoms with E-state index in [2.05, 4.69) is 10.3 Å². The standard InChI is InChI=1S/C21H22ClF2N3O3/c1-11-18(14(22)7-8-26-11)13-9-16(24)17(10-15(13)23)27-20(28)19(30-21(25)29)12-5-3-2-4-6-12/h7-10,12,19H,2-6H2,1H3,(H2,25,29)(H,27,28)/t19-/m0/s1. The molecule has 0 spiro atoms. The molecule has 1 aliphatic carbocycles. The predicted molar refractivity (Wildman–Crippen MR) is 109 cm³/mol. The van der Waals surface area contributed by atoms with Crippen LogP contribution in [0.3, 0.4) is 0 Å². The van der Waals surface area contributed by atoms with Crippen molar-refractivity contribution in [3.8, 4) is 11.1 Å². The van der Waals surface area contributed by atoms with E-state index in [0.717, 1.165) is 31.4 Å². The Bertz CT molecular complexity index is 945. The van der Waals surface area contributed by atoms with Gasteiger partial charge in [-0.2, -0.15) is 0 Å². The molecule has 160 valence electrons. The second-order valence-corrected chi connectivity index (χ2v) is 7.72. The summed E-state index contributed by atoms with van der Waals surface area (Å²) in [4.78, 5) is 28.0. The third-order valence-corrected chi connectivity index (χ3v) is 5.57. The van der Waals surface area contributed by atoms with Gasteiger partial charge in [0.25, 0.3) is 5.91 Å². The second kappa shape index (κ2) is 9.38. The minimum absolute atomic E-state index is 0.0710. The molecule has 0 unspecified atom stereocenters. The first-order valence-corrected chi connectivity index (χ1v) is 10.0. The van der Waals surface area contributed by atoms with Crippen LogP contribution in [-0.4, -0.2) is 23.1 Å². The number of nitrogens with two attached hydrogens (primary N) is 1. The normalized spacial score (nSPS) is 15.5. The molecule has 6 nitrogen and oxygen atoms in total. The molecule has 1 aromatic carbocycles. The summed E-state index contributed by atoms with van der Waals surface area (Å²) in [5.41, 5.74) is 5.37. The zero-order chi connectivity index (χ0) is 21.8. The number of hydrogen-bond acceptors (Lipinski definition) is 4. The number of amides is 2. The Balaban J connectivity index is 1.87. The summed E-state index contributed by atoms with van der Waals surface area (Å²) in [5.74, 6) is -2.62. The summed E-state index contributed by atoms with van der Waals surface area (Å²) in [6, 6.07) is 3.30. The van der Waals surface area contributed by atoms with Crippen LogP contribution in [0.1, 0.15) is 37.8 Å². The molecule has 0 aliphatic heterocycles. The lowest BCUT2D eigenvalue weighted by atomic mass is 9.85. The van der Waals surface area contributed by atoms with Gasteiger partial charge in [0.1, 0.15) is 11.6 Å². The first-order chi connectivity index (χ1) is 14.3. The third-order valence-electron chi connectivity index (χ3n) is 5.25. The van der Waals surface area contributed by atoms with Crippen LogP contribution in [0.15, 0.2) is 24.4 Å². The van der Waals surface area contributed by atoms with Crippen molar-refractivity contribution in [2.75, 3.05) is 5.32 Å². The van der Waals surface area contributed by atoms with Crippen LogP contribution in [0.2, 0.25) is 5.02 Å². The second-order valence-electron chi connectivity index (χ2n) is 7.31. The van der Waals surface area contributed by atoms with Gasteiger partial charge in [0.2, 0.25) is 0 Å². The fraction of sp³-hybridized carbons (Fsp3) is 0.381. The number of carbonyl (C=O) groups is 2. The van der Waals surface area contributed by atoms with Gasteiger partial charge in [-0.15, -0.1) is 0 Å². The van der Waals surface area contributed by atoms with Gasteiger partial charge in [-0.3, -0.25) is 9.78 Å². The Labute approximate surface area is 177 Å². The number of pyridine rings is 1. The number of anilines is 1. The average molecular weight is 438 g/mol. The van der Waals surface area contributed by atoms with E-state index in [1.54, 1.807) is 6.92 Å². The van der Waals surface area contributed by atoms with Crippen molar-refractivity contribution in [2.24, 2.45) is 11.7 Å². The van der Waals surface area contributed by atoms with Crippen LogP contribution in [0.4, 0.5) is 19.3 Å². The highest BCUT2D eigenvalue weighted by Crippen LogP contribution is 2.35. The van der Waals surface area contributed by atoms with Crippen LogP contribution < -0.4 is 11.1 Å². The minimum Gasteiger partial charge on any atom is -0.436 e. The maximum Gasteiger partial charge on any atom is 0.405 e. The summed E-state index contributed by atoms with van der Waals surface area (Å²) < 4.78 is 34.5. The van der Waals surface area contributed by atoms with Crippen molar-refractivity contribution in [1.82, 2.24) is 4.98 Å². The lowest BCUT2D eigenvalue weighted by molar-refractivity contribution is -0.127. The maximum atomic E-state index is 14.8. The van der Waals surface area contributed by atoms with Crippen LogP contribution in [0.25, 0.3) is 11.1 Å². The highest BCUT2D eigenvalue weighted by Gasteiger charge is 2.33. The van der Waals surface area contributed by atoms with Gasteiger partial charge in [-0.25, -0.2) is 13.6 Å². The molecule has 0 bridgehead atoms. The van der Waals surface area contributed by atoms with Gasteiger partial charge in [-0.1, -0.05) is 30.9 Å². The van der Waals surface area contributed by atoms with E-state index in [1.807, 2.05) is 0 Å². The summed E-state index contributed by atoms with van der Waals surface area (Å²) >= 11 is 6.13. The molecule has 9 heteroatoms. The molecule has 1 heterocycles. The van der Waals surface area contributed by atoms with Crippen LogP contribution >= 0.6 is 11.6 Å². The van der Waals surface area contributed by atoms with Crippen molar-refractivity contribution in [2.45, 2.75) is 45.1 Å². The smallest absolute Gasteiger partial charge is 0.405 e. The minimum atomic E-state index is -1.17. The number of carbonyl (C=O) groups excluding carboxylic acids is 2. The number of nitrogens with one attached hydrogen (secondary N) is 1. The maximum absolute atomic E-state index is 14.8. The molecule has 3 rings (SSSR count). The largest absolute Gasteiger partial charge is 0.436 e. The first-order valence-electron chi connectivity index (χ1n) is 9.65. The van der Waals surface area contributed by atoms with Crippen molar-refractivity contribution in [3.05, 3.63) is 46.7 Å². The SMILES string of the molecule is Cc1nccc(Cl)c1-c1cc(F)c(NC(=O)[C@@H](OC(N)=O)C2CCCCC2)cc1F. The van der Waals surface area contributed by atoms with E-state index in [4.69, 9.17) is 22.1 Å². The highest BCUT2D eigenvalue weighted by molar-refractivity contribution is 6.33. The molecule has 0 radical (unpaired) electrons. The number of halogens is 3. The monoisotopic (exact) mass is 437 g/mol. The number of benzene rings is 1. The predicted octanol–water partition coefficient (Wildman–Crippen LogP) is 4.97. The summed E-state index contributed by atoms with van der Waals surface area (Å²) in [6.07, 6.45) is 3.37. The molecule has 1 fully saturated rings. The molecule has 30 heavy (non-hydrogen) atoms. The van der Waals surface area contributed by atoms with Crippen molar-refractivity contribution >= 4 is 29.3 Å². The third kappa shape index (κ3) is 4.87. The number of hydrogen-bond donors (Lipinski definition) is 2. The molecule has 1 aromatic heterocycles. The van der Waals surface area contributed by atoms with Gasteiger partial charge in [0.05, 0.1) is 10.7 Å². The lowest BCUT2D eigenvalue weighted by Crippen LogP contribution is -2.40. The van der Waals surface area contributed by atoms with Gasteiger partial charge >= 0.3 is 6.09 Å². The number of rotatable bonds is 5. The topological polar surface area (TPSA) is 94.3 Å². The Morgan fingerprint density at radius 1 is 1.23 bits per heavy atom. The molecule has 1 aliphatic rings. The summed E-state index contributed by atoms with van der Waals surface area (Å²) in [5, 5.41) is 2.55. The summed E-state index contributed by atoms with van der Waals surface area (Å²) in [7, 11) is 0. The zero-order valence-corrected chi connectivity index (χ0v) is 17.1. The molecule has 0 saturated heterocycles. The fourth-order valence-electron chi connectivity index (χ4n) is 3.82. The number of primary amides is 1. The van der Waals surface area contributed by atoms with E-state index in [0.29, 0.717) is 18.5 Å². The molecular formula is C21H22ClF2N3O3. The fourth-order valence-corrected chi connectivity index (χ4v) is 4.12. The Morgan fingerprint density at radius 3 is 2.57 bits per heavy atom. The molecule has 2 amide bonds. The van der Waals surface area contributed by atoms with E-state index in [9.17, 15) is 18.4 Å². The molecule has 1 atom stereocenters. The Hall–Kier alpha value is -2.74. The van der Waals surface area contributed by atoms with Crippen LogP contribution in [-0.2, 0) is 9.53 Å². The number of aryl methyl sites for hydroxylation is 1. The highest BCUT2D eigenvalue weighted by atomic mass is 35.5. The van der Waals surface area contributed by atoms with Crippen molar-refractivity contribution in [1.29, 1.82) is 0 Å². The Morgan fingerprint density at radius 2 is 1.93 bits per heavy atom. The van der Waals surface area contributed by atoms with Crippen LogP contribution in [0.5, 0.6) is 0 Å². The zero-order valence-electron chi connectivity index (χ0n) is 16.4. The van der Waals surface area contributed by atoms with Crippen LogP contribution in [0, 0.1) is 24.5 Å². The van der Waals surface area contributed by atoms with E-state index in [1.165, 1.54) is 12.3 Å². The van der Waals surface area contributed by atoms with Crippen molar-refractivity contribution in [3.63, 3.8) is 0 Å². The van der Waals surface area contributed by atoms with E-state index >= 15 is 0 Å². The lowest BCUT2D eigenvalue weighted by Gasteiger charge is -2.28. The summed E-state index contributed by atoms with van der Waals surface area (Å²) in [6.45, 7) is 1.63. The number of nitrogens with zero attached hydrogens (tertiary/aromatic N) is 1. The quantitative estimate of drug-likeness (QED) is 0.690. The average Bonchev–Trinajstić information content (AvgIpc) is 2.70. The number of ether oxygens (including phenoxy) is 1. The van der Waals surface area contributed by atoms with E-state index in [-0.39, 0.29) is 27.8 Å². The van der Waals surface area contributed by atoms with Gasteiger partial charge in [0.15, 0.2) is 6.10 Å². The van der Waals surface area contributed by atoms with Gasteiger partial charge in [-0.05, 0) is 31.9 Å².